The van der Waals surface area contributed by atoms with E-state index in [9.17, 15) is 0 Å². The van der Waals surface area contributed by atoms with E-state index in [0.717, 1.165) is 213 Å². The van der Waals surface area contributed by atoms with Crippen LogP contribution >= 0.6 is 0 Å². The Morgan fingerprint density at radius 3 is 0.763 bits per heavy atom. The third-order valence-electron chi connectivity index (χ3n) is 35.8. The Morgan fingerprint density at radius 2 is 0.483 bits per heavy atom. The molecule has 0 radical (unpaired) electrons. The van der Waals surface area contributed by atoms with Gasteiger partial charge in [0.15, 0.2) is 0 Å². The fraction of sp³-hybridized carbons (Fsp3) is 0.823. The van der Waals surface area contributed by atoms with Gasteiger partial charge in [0.2, 0.25) is 0 Å². The third kappa shape index (κ3) is 41.5. The molecule has 0 nitrogen and oxygen atoms in total. The molecule has 14 rings (SSSR count). The van der Waals surface area contributed by atoms with Gasteiger partial charge in [-0.05, 0) is 314 Å². The van der Waals surface area contributed by atoms with Crippen LogP contribution in [-0.2, 0) is 104 Å². The summed E-state index contributed by atoms with van der Waals surface area (Å²) in [4.78, 5) is 0. The molecule has 700 valence electrons. The molecule has 0 aromatic rings. The molecule has 118 heavy (non-hydrogen) atoms. The summed E-state index contributed by atoms with van der Waals surface area (Å²) in [5, 5.41) is 0. The number of fused-ring (bicyclic) bond motifs is 6. The van der Waals surface area contributed by atoms with E-state index in [1.807, 2.05) is 0 Å². The van der Waals surface area contributed by atoms with E-state index >= 15 is 0 Å². The minimum absolute atomic E-state index is 0. The minimum Gasteiger partial charge on any atom is -0.358 e. The van der Waals surface area contributed by atoms with Crippen molar-refractivity contribution in [2.75, 3.05) is 0 Å². The van der Waals surface area contributed by atoms with Gasteiger partial charge in [-0.15, -0.1) is 0 Å². The molecule has 16 atom stereocenters. The van der Waals surface area contributed by atoms with Crippen molar-refractivity contribution in [3.8, 4) is 0 Å². The molecule has 0 aromatic carbocycles. The molecule has 0 saturated heterocycles. The average molecular weight is 2240 g/mol. The predicted molar refractivity (Wildman–Crippen MR) is 544 cm³/mol. The van der Waals surface area contributed by atoms with Gasteiger partial charge < -0.3 is 119 Å². The first-order chi connectivity index (χ1) is 45.7. The topological polar surface area (TPSA) is 0 Å². The fourth-order valence-corrected chi connectivity index (χ4v) is 28.6. The molecule has 14 aliphatic rings. The van der Waals surface area contributed by atoms with Crippen LogP contribution in [0.15, 0.2) is 24.3 Å². The number of rotatable bonds is 4. The van der Waals surface area contributed by atoms with Gasteiger partial charge in [-0.2, -0.15) is 0 Å². The summed E-state index contributed by atoms with van der Waals surface area (Å²) in [6.07, 6.45) is 46.2. The second kappa shape index (κ2) is 68.2. The zero-order valence-corrected chi connectivity index (χ0v) is 105. The Morgan fingerprint density at radius 1 is 0.246 bits per heavy atom. The van der Waals surface area contributed by atoms with Gasteiger partial charge in [-0.1, -0.05) is 301 Å². The molecule has 0 amide bonds. The van der Waals surface area contributed by atoms with E-state index in [1.165, 1.54) is 44.9 Å². The monoisotopic (exact) mass is 2240 g/mol. The molecule has 0 bridgehead atoms. The molecule has 16 unspecified atom stereocenters. The molecular formula is C113H228Hf3SiZr. The summed E-state index contributed by atoms with van der Waals surface area (Å²) in [6, 6.07) is 1.62. The first-order valence-electron chi connectivity index (χ1n) is 45.1. The van der Waals surface area contributed by atoms with Crippen LogP contribution in [0.2, 0.25) is 25.7 Å². The Hall–Kier alpha value is 3.19. The van der Waals surface area contributed by atoms with Crippen molar-refractivity contribution < 1.29 is 104 Å². The number of allylic oxidation sites excluding steroid dienone is 4. The maximum atomic E-state index is 2.57. The summed E-state index contributed by atoms with van der Waals surface area (Å²) in [5.74, 6) is 36.0. The van der Waals surface area contributed by atoms with Crippen molar-refractivity contribution in [1.82, 2.24) is 0 Å². The SMILES string of the molecule is CC(C)(C)CC1CCC2CC3CCCC3CC21.CC(C)(C)CC1CCC2CCCCC21.CC1C(C)C(C)C(C)C1C.CC1C(C)C(C)C(C)C1C.CC1C(C)C(C)C(C)C1C.CC1C(C)C(C)C(C)C1C.CC1CCC2C=CC=CC12.C[Si](C)(C)CC1CCC2CC3CCCC3CC21.[CH3-].[CH3-].[CH3-].[CH3-].[CH3-].[CH3-].[CH3-].[CH3-].[CH3-].[CH3-].[CH3-].[CH3-].[CH3-].[CH3-].[CH3-].[CH3-].[Hf+4].[Hf+4].[Hf+4].[Zr+4]. The van der Waals surface area contributed by atoms with Gasteiger partial charge in [0.05, 0.1) is 0 Å². The Balaban J connectivity index is -0.0000000860. The maximum Gasteiger partial charge on any atom is 4.00 e. The first-order valence-corrected chi connectivity index (χ1v) is 48.8. The van der Waals surface area contributed by atoms with Crippen molar-refractivity contribution >= 4 is 8.07 Å². The largest absolute Gasteiger partial charge is 4.00 e. The fourth-order valence-electron chi connectivity index (χ4n) is 26.6. The molecule has 13 fully saturated rings. The molecule has 14 aliphatic carbocycles. The summed E-state index contributed by atoms with van der Waals surface area (Å²) < 4.78 is 0. The first kappa shape index (κ1) is 152. The van der Waals surface area contributed by atoms with Crippen molar-refractivity contribution in [1.29, 1.82) is 0 Å². The van der Waals surface area contributed by atoms with Crippen molar-refractivity contribution in [3.63, 3.8) is 0 Å². The van der Waals surface area contributed by atoms with Crippen LogP contribution < -0.4 is 0 Å². The van der Waals surface area contributed by atoms with Crippen LogP contribution in [0.3, 0.4) is 0 Å². The van der Waals surface area contributed by atoms with Crippen LogP contribution in [0.4, 0.5) is 0 Å². The van der Waals surface area contributed by atoms with Crippen LogP contribution in [0, 0.1) is 343 Å². The van der Waals surface area contributed by atoms with E-state index in [-0.39, 0.29) is 223 Å². The number of hydrogen-bond acceptors (Lipinski definition) is 0. The summed E-state index contributed by atoms with van der Waals surface area (Å²) in [6.45, 7) is 72.6. The summed E-state index contributed by atoms with van der Waals surface area (Å²) in [5.41, 5.74) is 1.10. The van der Waals surface area contributed by atoms with E-state index < -0.39 is 8.07 Å². The molecule has 0 heterocycles. The molecule has 5 heteroatoms. The van der Waals surface area contributed by atoms with Crippen molar-refractivity contribution in [3.05, 3.63) is 143 Å². The second-order valence-corrected chi connectivity index (χ2v) is 50.0. The van der Waals surface area contributed by atoms with E-state index in [1.54, 1.807) is 115 Å². The Bertz CT molecular complexity index is 2000. The maximum absolute atomic E-state index is 2.57. The molecule has 0 aliphatic heterocycles. The van der Waals surface area contributed by atoms with Crippen molar-refractivity contribution in [2.24, 2.45) is 224 Å². The van der Waals surface area contributed by atoms with Gasteiger partial charge in [-0.25, -0.2) is 0 Å². The van der Waals surface area contributed by atoms with Crippen molar-refractivity contribution in [2.45, 2.75) is 367 Å². The zero-order valence-electron chi connectivity index (χ0n) is 90.3. The molecule has 0 N–H and O–H groups in total. The molecular weight excluding hydrogens is 2010 g/mol. The molecule has 0 aromatic heterocycles. The molecule has 13 saturated carbocycles. The second-order valence-electron chi connectivity index (χ2n) is 44.5. The van der Waals surface area contributed by atoms with Gasteiger partial charge in [-0.3, -0.25) is 0 Å². The van der Waals surface area contributed by atoms with Gasteiger partial charge in [0.25, 0.3) is 0 Å². The van der Waals surface area contributed by atoms with Crippen LogP contribution in [0.5, 0.6) is 0 Å². The summed E-state index contributed by atoms with van der Waals surface area (Å²) >= 11 is 0. The van der Waals surface area contributed by atoms with E-state index in [4.69, 9.17) is 0 Å². The minimum atomic E-state index is -0.832. The van der Waals surface area contributed by atoms with Crippen LogP contribution in [0.25, 0.3) is 0 Å². The van der Waals surface area contributed by atoms with Gasteiger partial charge in [0, 0.05) is 8.07 Å². The standard InChI is InChI=1S/C17H30.C16H30Si.C14H26.C10H14.4C10H20.16CH3.3Hf.Zr/c2*1-17(2,3)11-15-8-7-14-9-12-5-4-6-13(12)10-16(14)15;1-14(2,3)10-12-9-8-11-6-4-5-7-13(11)12;1-8-6-7-9-4-2-3-5-10(8)9;4*1-6-7(2)9(4)10(5)8(6)3;;;;;;;;;;;;;;;;;;;;/h2*12-16H,4-11H2,1-3H3;11-13H,4-10H2,1-3H3;2-5,8-10H,6-7H2,1H3;4*6-10H,1-5H3;16*1H3;;;;/q;;;;;;;;16*-1;4*+4. The Kier molecular flexibility index (Phi) is 88.1. The third-order valence-corrected chi connectivity index (χ3v) is 37.6. The van der Waals surface area contributed by atoms with E-state index in [0.29, 0.717) is 10.8 Å². The smallest absolute Gasteiger partial charge is 0.358 e. The van der Waals surface area contributed by atoms with Crippen LogP contribution in [0.1, 0.15) is 341 Å². The Labute approximate surface area is 837 Å². The average Bonchev–Trinajstić information content (AvgIpc) is 1.64. The normalized spacial score (nSPS) is 40.3. The zero-order chi connectivity index (χ0) is 72.8. The molecule has 0 spiro atoms. The van der Waals surface area contributed by atoms with Gasteiger partial charge in [0.1, 0.15) is 0 Å². The van der Waals surface area contributed by atoms with E-state index in [2.05, 4.69) is 231 Å². The summed E-state index contributed by atoms with van der Waals surface area (Å²) in [7, 11) is -0.832. The van der Waals surface area contributed by atoms with Crippen LogP contribution in [-0.4, -0.2) is 8.07 Å². The predicted octanol–water partition coefficient (Wildman–Crippen LogP) is 37.8. The number of hydrogen-bond donors (Lipinski definition) is 0. The van der Waals surface area contributed by atoms with Gasteiger partial charge >= 0.3 is 104 Å². The quantitative estimate of drug-likeness (QED) is 0.194.